The van der Waals surface area contributed by atoms with Gasteiger partial charge in [-0.3, -0.25) is 4.79 Å². The first-order chi connectivity index (χ1) is 7.81. The fourth-order valence-corrected chi connectivity index (χ4v) is 2.19. The molecule has 0 saturated heterocycles. The number of hydrogen-bond donors (Lipinski definition) is 1. The van der Waals surface area contributed by atoms with Crippen LogP contribution in [-0.4, -0.2) is 17.9 Å². The predicted octanol–water partition coefficient (Wildman–Crippen LogP) is 2.69. The van der Waals surface area contributed by atoms with E-state index in [4.69, 9.17) is 4.74 Å². The van der Waals surface area contributed by atoms with E-state index >= 15 is 0 Å². The largest absolute Gasteiger partial charge is 0.489 e. The van der Waals surface area contributed by atoms with Gasteiger partial charge >= 0.3 is 0 Å². The van der Waals surface area contributed by atoms with Gasteiger partial charge in [0.25, 0.3) is 0 Å². The summed E-state index contributed by atoms with van der Waals surface area (Å²) in [4.78, 5) is 14.1. The average Bonchev–Trinajstić information content (AvgIpc) is 2.74. The molecule has 0 fully saturated rings. The SMILES string of the molecule is Cc1cc2c(c3c(C=O)c[nH]c13)C=CCO2. The molecule has 2 aromatic rings. The number of aldehydes is 1. The third-order valence-electron chi connectivity index (χ3n) is 2.93. The van der Waals surface area contributed by atoms with Crippen molar-refractivity contribution in [3.63, 3.8) is 0 Å². The topological polar surface area (TPSA) is 42.1 Å². The standard InChI is InChI=1S/C13H11NO2/c1-8-5-11-10(3-2-4-16-11)12-9(7-15)6-14-13(8)12/h2-3,5-7,14H,4H2,1H3. The fraction of sp³-hybridized carbons (Fsp3) is 0.154. The lowest BCUT2D eigenvalue weighted by Gasteiger charge is -2.14. The van der Waals surface area contributed by atoms with Crippen molar-refractivity contribution in [2.45, 2.75) is 6.92 Å². The van der Waals surface area contributed by atoms with Crippen molar-refractivity contribution in [3.05, 3.63) is 35.0 Å². The maximum atomic E-state index is 11.0. The molecule has 1 aromatic heterocycles. The molecule has 80 valence electrons. The third-order valence-corrected chi connectivity index (χ3v) is 2.93. The van der Waals surface area contributed by atoms with Crippen molar-refractivity contribution >= 4 is 23.3 Å². The lowest BCUT2D eigenvalue weighted by atomic mass is 10.0. The zero-order chi connectivity index (χ0) is 11.1. The van der Waals surface area contributed by atoms with Crippen molar-refractivity contribution in [1.82, 2.24) is 4.98 Å². The quantitative estimate of drug-likeness (QED) is 0.740. The summed E-state index contributed by atoms with van der Waals surface area (Å²) in [5.41, 5.74) is 3.79. The Balaban J connectivity index is 2.48. The monoisotopic (exact) mass is 213 g/mol. The maximum Gasteiger partial charge on any atom is 0.152 e. The molecule has 16 heavy (non-hydrogen) atoms. The van der Waals surface area contributed by atoms with Crippen molar-refractivity contribution < 1.29 is 9.53 Å². The second-order valence-electron chi connectivity index (χ2n) is 3.93. The number of rotatable bonds is 1. The molecule has 1 aromatic carbocycles. The highest BCUT2D eigenvalue weighted by molar-refractivity contribution is 6.04. The maximum absolute atomic E-state index is 11.0. The highest BCUT2D eigenvalue weighted by atomic mass is 16.5. The number of carbonyl (C=O) groups excluding carboxylic acids is 1. The number of aromatic nitrogens is 1. The van der Waals surface area contributed by atoms with Gasteiger partial charge in [-0.15, -0.1) is 0 Å². The number of hydrogen-bond acceptors (Lipinski definition) is 2. The summed E-state index contributed by atoms with van der Waals surface area (Å²) >= 11 is 0. The highest BCUT2D eigenvalue weighted by Gasteiger charge is 2.15. The Morgan fingerprint density at radius 3 is 3.19 bits per heavy atom. The predicted molar refractivity (Wildman–Crippen MR) is 63.0 cm³/mol. The van der Waals surface area contributed by atoms with Crippen LogP contribution < -0.4 is 4.74 Å². The van der Waals surface area contributed by atoms with Gasteiger partial charge in [-0.1, -0.05) is 6.08 Å². The van der Waals surface area contributed by atoms with Crippen LogP contribution >= 0.6 is 0 Å². The Labute approximate surface area is 92.7 Å². The van der Waals surface area contributed by atoms with Crippen LogP contribution in [0.1, 0.15) is 21.5 Å². The van der Waals surface area contributed by atoms with Gasteiger partial charge in [-0.25, -0.2) is 0 Å². The molecule has 0 bridgehead atoms. The van der Waals surface area contributed by atoms with Crippen molar-refractivity contribution in [2.24, 2.45) is 0 Å². The molecule has 3 rings (SSSR count). The van der Waals surface area contributed by atoms with Crippen LogP contribution in [-0.2, 0) is 0 Å². The Hall–Kier alpha value is -2.03. The second kappa shape index (κ2) is 3.23. The van der Waals surface area contributed by atoms with E-state index < -0.39 is 0 Å². The minimum Gasteiger partial charge on any atom is -0.489 e. The third kappa shape index (κ3) is 1.11. The first-order valence-electron chi connectivity index (χ1n) is 5.20. The molecule has 0 aliphatic carbocycles. The molecule has 0 unspecified atom stereocenters. The van der Waals surface area contributed by atoms with Crippen LogP contribution in [0.25, 0.3) is 17.0 Å². The number of aromatic amines is 1. The number of nitrogens with one attached hydrogen (secondary N) is 1. The second-order valence-corrected chi connectivity index (χ2v) is 3.93. The van der Waals surface area contributed by atoms with E-state index in [0.717, 1.165) is 34.1 Å². The van der Waals surface area contributed by atoms with Crippen molar-refractivity contribution in [2.75, 3.05) is 6.61 Å². The first-order valence-corrected chi connectivity index (χ1v) is 5.20. The molecule has 2 heterocycles. The number of carbonyl (C=O) groups is 1. The van der Waals surface area contributed by atoms with E-state index in [0.29, 0.717) is 12.2 Å². The molecular weight excluding hydrogens is 202 g/mol. The summed E-state index contributed by atoms with van der Waals surface area (Å²) < 4.78 is 5.56. The van der Waals surface area contributed by atoms with Gasteiger partial charge < -0.3 is 9.72 Å². The number of ether oxygens (including phenoxy) is 1. The van der Waals surface area contributed by atoms with E-state index in [-0.39, 0.29) is 0 Å². The Morgan fingerprint density at radius 2 is 2.38 bits per heavy atom. The van der Waals surface area contributed by atoms with Crippen LogP contribution in [0.4, 0.5) is 0 Å². The summed E-state index contributed by atoms with van der Waals surface area (Å²) in [6.07, 6.45) is 6.59. The van der Waals surface area contributed by atoms with E-state index in [1.807, 2.05) is 25.1 Å². The number of benzene rings is 1. The Bertz CT molecular complexity index is 608. The van der Waals surface area contributed by atoms with Gasteiger partial charge in [0.1, 0.15) is 12.4 Å². The molecule has 0 amide bonds. The normalized spacial score (nSPS) is 13.6. The molecule has 1 aliphatic rings. The van der Waals surface area contributed by atoms with E-state index in [1.165, 1.54) is 0 Å². The average molecular weight is 213 g/mol. The number of aryl methyl sites for hydroxylation is 1. The molecule has 0 atom stereocenters. The van der Waals surface area contributed by atoms with Crippen LogP contribution in [0, 0.1) is 6.92 Å². The molecular formula is C13H11NO2. The van der Waals surface area contributed by atoms with E-state index in [9.17, 15) is 4.79 Å². The molecule has 0 saturated carbocycles. The highest BCUT2D eigenvalue weighted by Crippen LogP contribution is 2.35. The minimum absolute atomic E-state index is 0.596. The van der Waals surface area contributed by atoms with Crippen molar-refractivity contribution in [3.8, 4) is 5.75 Å². The Morgan fingerprint density at radius 1 is 1.50 bits per heavy atom. The molecule has 0 spiro atoms. The summed E-state index contributed by atoms with van der Waals surface area (Å²) in [7, 11) is 0. The smallest absolute Gasteiger partial charge is 0.152 e. The van der Waals surface area contributed by atoms with Crippen LogP contribution in [0.5, 0.6) is 5.75 Å². The van der Waals surface area contributed by atoms with Gasteiger partial charge in [-0.05, 0) is 24.6 Å². The summed E-state index contributed by atoms with van der Waals surface area (Å²) in [5.74, 6) is 0.857. The molecule has 1 N–H and O–H groups in total. The van der Waals surface area contributed by atoms with Crippen molar-refractivity contribution in [1.29, 1.82) is 0 Å². The van der Waals surface area contributed by atoms with Crippen LogP contribution in [0.15, 0.2) is 18.3 Å². The number of fused-ring (bicyclic) bond motifs is 3. The molecule has 1 aliphatic heterocycles. The van der Waals surface area contributed by atoms with Gasteiger partial charge in [0.15, 0.2) is 6.29 Å². The number of H-pyrrole nitrogens is 1. The summed E-state index contributed by atoms with van der Waals surface area (Å²) in [6, 6.07) is 2.01. The zero-order valence-corrected chi connectivity index (χ0v) is 8.91. The Kier molecular flexibility index (Phi) is 1.86. The fourth-order valence-electron chi connectivity index (χ4n) is 2.19. The van der Waals surface area contributed by atoms with Crippen LogP contribution in [0.2, 0.25) is 0 Å². The van der Waals surface area contributed by atoms with Gasteiger partial charge in [0.05, 0.1) is 0 Å². The van der Waals surface area contributed by atoms with E-state index in [1.54, 1.807) is 6.20 Å². The summed E-state index contributed by atoms with van der Waals surface area (Å²) in [6.45, 7) is 2.61. The zero-order valence-electron chi connectivity index (χ0n) is 8.91. The molecule has 3 heteroatoms. The first kappa shape index (κ1) is 9.21. The minimum atomic E-state index is 0.596. The molecule has 0 radical (unpaired) electrons. The molecule has 3 nitrogen and oxygen atoms in total. The van der Waals surface area contributed by atoms with Gasteiger partial charge in [0.2, 0.25) is 0 Å². The van der Waals surface area contributed by atoms with E-state index in [2.05, 4.69) is 4.98 Å². The van der Waals surface area contributed by atoms with Crippen LogP contribution in [0.3, 0.4) is 0 Å². The lowest BCUT2D eigenvalue weighted by Crippen LogP contribution is -2.01. The van der Waals surface area contributed by atoms with Gasteiger partial charge in [-0.2, -0.15) is 0 Å². The lowest BCUT2D eigenvalue weighted by molar-refractivity contribution is 0.112. The van der Waals surface area contributed by atoms with Gasteiger partial charge in [0, 0.05) is 28.2 Å². The summed E-state index contributed by atoms with van der Waals surface area (Å²) in [5, 5.41) is 0.959.